The third-order valence-electron chi connectivity index (χ3n) is 2.83. The smallest absolute Gasteiger partial charge is 0.0319 e. The highest BCUT2D eigenvalue weighted by molar-refractivity contribution is 5.52. The lowest BCUT2D eigenvalue weighted by molar-refractivity contribution is 0.744. The van der Waals surface area contributed by atoms with Gasteiger partial charge in [-0.15, -0.1) is 0 Å². The Morgan fingerprint density at radius 2 is 2.17 bits per heavy atom. The molecule has 1 aliphatic carbocycles. The predicted octanol–water partition coefficient (Wildman–Crippen LogP) is 2.63. The third-order valence-corrected chi connectivity index (χ3v) is 2.83. The molecular weight excluding hydrogens is 146 g/mol. The molecule has 1 heteroatoms. The summed E-state index contributed by atoms with van der Waals surface area (Å²) in [4.78, 5) is 0. The number of nitrogen functional groups attached to an aromatic ring is 1. The summed E-state index contributed by atoms with van der Waals surface area (Å²) in [5, 5.41) is 0. The number of rotatable bonds is 0. The van der Waals surface area contributed by atoms with E-state index in [1.54, 1.807) is 5.56 Å². The summed E-state index contributed by atoms with van der Waals surface area (Å²) in [6, 6.07) is 4.21. The van der Waals surface area contributed by atoms with Crippen molar-refractivity contribution >= 4 is 5.69 Å². The van der Waals surface area contributed by atoms with Crippen LogP contribution in [0.1, 0.15) is 36.0 Å². The van der Waals surface area contributed by atoms with Gasteiger partial charge in [0, 0.05) is 5.69 Å². The highest BCUT2D eigenvalue weighted by atomic mass is 14.5. The first-order valence-corrected chi connectivity index (χ1v) is 4.57. The van der Waals surface area contributed by atoms with Gasteiger partial charge < -0.3 is 5.73 Å². The van der Waals surface area contributed by atoms with E-state index in [0.717, 1.165) is 11.6 Å². The zero-order valence-electron chi connectivity index (χ0n) is 7.72. The van der Waals surface area contributed by atoms with Crippen LogP contribution in [-0.2, 0) is 6.42 Å². The van der Waals surface area contributed by atoms with Crippen molar-refractivity contribution in [1.82, 2.24) is 0 Å². The number of benzene rings is 1. The first-order valence-electron chi connectivity index (χ1n) is 4.57. The van der Waals surface area contributed by atoms with Gasteiger partial charge in [0.2, 0.25) is 0 Å². The van der Waals surface area contributed by atoms with Crippen LogP contribution in [0.15, 0.2) is 12.1 Å². The summed E-state index contributed by atoms with van der Waals surface area (Å²) in [7, 11) is 0. The maximum Gasteiger partial charge on any atom is 0.0319 e. The van der Waals surface area contributed by atoms with Gasteiger partial charge in [-0.05, 0) is 54.5 Å². The van der Waals surface area contributed by atoms with E-state index in [1.807, 2.05) is 0 Å². The SMILES string of the molecule is Cc1cc(N)cc2c1C(C)CC2. The summed E-state index contributed by atoms with van der Waals surface area (Å²) in [5.74, 6) is 0.737. The molecule has 1 nitrogen and oxygen atoms in total. The fourth-order valence-corrected chi connectivity index (χ4v) is 2.33. The van der Waals surface area contributed by atoms with Gasteiger partial charge in [-0.1, -0.05) is 6.92 Å². The van der Waals surface area contributed by atoms with E-state index < -0.39 is 0 Å². The number of hydrogen-bond acceptors (Lipinski definition) is 1. The number of nitrogens with two attached hydrogens (primary N) is 1. The Hall–Kier alpha value is -0.980. The molecule has 12 heavy (non-hydrogen) atoms. The van der Waals surface area contributed by atoms with Crippen LogP contribution in [-0.4, -0.2) is 0 Å². The zero-order valence-corrected chi connectivity index (χ0v) is 7.72. The van der Waals surface area contributed by atoms with Crippen LogP contribution in [0.4, 0.5) is 5.69 Å². The molecule has 64 valence electrons. The number of fused-ring (bicyclic) bond motifs is 1. The van der Waals surface area contributed by atoms with Crippen LogP contribution >= 0.6 is 0 Å². The summed E-state index contributed by atoms with van der Waals surface area (Å²) < 4.78 is 0. The van der Waals surface area contributed by atoms with Crippen molar-refractivity contribution in [2.75, 3.05) is 5.73 Å². The minimum Gasteiger partial charge on any atom is -0.399 e. The standard InChI is InChI=1S/C11H15N/c1-7-3-4-9-6-10(12)5-8(2)11(7)9/h5-7H,3-4,12H2,1-2H3. The average molecular weight is 161 g/mol. The quantitative estimate of drug-likeness (QED) is 0.581. The first kappa shape index (κ1) is 7.66. The van der Waals surface area contributed by atoms with E-state index >= 15 is 0 Å². The van der Waals surface area contributed by atoms with E-state index in [2.05, 4.69) is 26.0 Å². The normalized spacial score (nSPS) is 21.0. The molecule has 1 aliphatic rings. The maximum absolute atomic E-state index is 5.78. The molecule has 0 bridgehead atoms. The minimum absolute atomic E-state index is 0.737. The van der Waals surface area contributed by atoms with Crippen LogP contribution in [0, 0.1) is 6.92 Å². The molecule has 0 spiro atoms. The van der Waals surface area contributed by atoms with E-state index in [9.17, 15) is 0 Å². The van der Waals surface area contributed by atoms with Crippen molar-refractivity contribution in [3.8, 4) is 0 Å². The average Bonchev–Trinajstić information content (AvgIpc) is 2.31. The topological polar surface area (TPSA) is 26.0 Å². The van der Waals surface area contributed by atoms with Crippen LogP contribution in [0.2, 0.25) is 0 Å². The second-order valence-corrected chi connectivity index (χ2v) is 3.85. The highest BCUT2D eigenvalue weighted by Gasteiger charge is 2.20. The van der Waals surface area contributed by atoms with E-state index in [1.165, 1.54) is 24.0 Å². The molecule has 0 saturated heterocycles. The van der Waals surface area contributed by atoms with Crippen molar-refractivity contribution in [3.05, 3.63) is 28.8 Å². The Kier molecular flexibility index (Phi) is 1.60. The molecule has 0 saturated carbocycles. The molecule has 2 rings (SSSR count). The molecule has 0 amide bonds. The van der Waals surface area contributed by atoms with Gasteiger partial charge in [0.1, 0.15) is 0 Å². The van der Waals surface area contributed by atoms with Crippen LogP contribution in [0.5, 0.6) is 0 Å². The van der Waals surface area contributed by atoms with E-state index in [4.69, 9.17) is 5.73 Å². The fraction of sp³-hybridized carbons (Fsp3) is 0.455. The number of hydrogen-bond donors (Lipinski definition) is 1. The Morgan fingerprint density at radius 3 is 2.92 bits per heavy atom. The monoisotopic (exact) mass is 161 g/mol. The fourth-order valence-electron chi connectivity index (χ4n) is 2.33. The van der Waals surface area contributed by atoms with Crippen LogP contribution < -0.4 is 5.73 Å². The second-order valence-electron chi connectivity index (χ2n) is 3.85. The lowest BCUT2D eigenvalue weighted by Crippen LogP contribution is -1.94. The molecule has 1 aromatic carbocycles. The Bertz CT molecular complexity index is 315. The first-order chi connectivity index (χ1) is 5.68. The Morgan fingerprint density at radius 1 is 1.42 bits per heavy atom. The van der Waals surface area contributed by atoms with Crippen LogP contribution in [0.3, 0.4) is 0 Å². The summed E-state index contributed by atoms with van der Waals surface area (Å²) in [5.41, 5.74) is 11.1. The van der Waals surface area contributed by atoms with E-state index in [0.29, 0.717) is 0 Å². The van der Waals surface area contributed by atoms with Gasteiger partial charge in [0.25, 0.3) is 0 Å². The van der Waals surface area contributed by atoms with Crippen molar-refractivity contribution in [2.45, 2.75) is 32.6 Å². The van der Waals surface area contributed by atoms with Gasteiger partial charge in [-0.25, -0.2) is 0 Å². The predicted molar refractivity (Wildman–Crippen MR) is 52.3 cm³/mol. The van der Waals surface area contributed by atoms with Crippen molar-refractivity contribution in [1.29, 1.82) is 0 Å². The van der Waals surface area contributed by atoms with Crippen molar-refractivity contribution < 1.29 is 0 Å². The largest absolute Gasteiger partial charge is 0.399 e. The Labute approximate surface area is 73.6 Å². The highest BCUT2D eigenvalue weighted by Crippen LogP contribution is 2.36. The molecule has 2 N–H and O–H groups in total. The molecule has 1 atom stereocenters. The lowest BCUT2D eigenvalue weighted by Gasteiger charge is -2.09. The molecule has 1 unspecified atom stereocenters. The lowest BCUT2D eigenvalue weighted by atomic mass is 9.97. The van der Waals surface area contributed by atoms with Gasteiger partial charge in [0.05, 0.1) is 0 Å². The molecule has 0 heterocycles. The zero-order chi connectivity index (χ0) is 8.72. The summed E-state index contributed by atoms with van der Waals surface area (Å²) in [6.45, 7) is 4.46. The Balaban J connectivity index is 2.60. The van der Waals surface area contributed by atoms with Gasteiger partial charge in [-0.2, -0.15) is 0 Å². The number of aryl methyl sites for hydroxylation is 2. The molecule has 0 aliphatic heterocycles. The molecule has 0 radical (unpaired) electrons. The van der Waals surface area contributed by atoms with Gasteiger partial charge >= 0.3 is 0 Å². The summed E-state index contributed by atoms with van der Waals surface area (Å²) in [6.07, 6.45) is 2.50. The van der Waals surface area contributed by atoms with Crippen molar-refractivity contribution in [2.24, 2.45) is 0 Å². The molecule has 0 aromatic heterocycles. The van der Waals surface area contributed by atoms with Gasteiger partial charge in [0.15, 0.2) is 0 Å². The summed E-state index contributed by atoms with van der Waals surface area (Å²) >= 11 is 0. The van der Waals surface area contributed by atoms with Crippen LogP contribution in [0.25, 0.3) is 0 Å². The second kappa shape index (κ2) is 2.51. The molecular formula is C11H15N. The van der Waals surface area contributed by atoms with Crippen molar-refractivity contribution in [3.63, 3.8) is 0 Å². The third kappa shape index (κ3) is 1.01. The minimum atomic E-state index is 0.737. The van der Waals surface area contributed by atoms with E-state index in [-0.39, 0.29) is 0 Å². The number of anilines is 1. The molecule has 0 fully saturated rings. The van der Waals surface area contributed by atoms with Gasteiger partial charge in [-0.3, -0.25) is 0 Å². The molecule has 1 aromatic rings. The maximum atomic E-state index is 5.78.